The fraction of sp³-hybridized carbons (Fsp3) is 0.286. The second-order valence-corrected chi connectivity index (χ2v) is 3.04. The molecular weight excluding hydrogens is 184 g/mol. The SMILES string of the molecule is O=C(O)C1=C[C@](O)(Cl)[C@@H](O)C=C1. The molecule has 1 rings (SSSR count). The molecule has 0 unspecified atom stereocenters. The molecule has 4 nitrogen and oxygen atoms in total. The van der Waals surface area contributed by atoms with Crippen LogP contribution in [0.1, 0.15) is 0 Å². The molecule has 0 amide bonds. The van der Waals surface area contributed by atoms with Crippen molar-refractivity contribution in [1.29, 1.82) is 0 Å². The van der Waals surface area contributed by atoms with Gasteiger partial charge in [0.05, 0.1) is 5.57 Å². The predicted octanol–water partition coefficient (Wildman–Crippen LogP) is -0.145. The highest BCUT2D eigenvalue weighted by molar-refractivity contribution is 6.25. The topological polar surface area (TPSA) is 77.8 Å². The molecule has 0 aromatic rings. The molecular formula is C7H7ClO4. The number of halogens is 1. The maximum absolute atomic E-state index is 10.4. The Morgan fingerprint density at radius 3 is 2.67 bits per heavy atom. The number of carbonyl (C=O) groups is 1. The third-order valence-corrected chi connectivity index (χ3v) is 1.81. The van der Waals surface area contributed by atoms with Crippen LogP contribution in [-0.4, -0.2) is 32.5 Å². The number of alkyl halides is 1. The van der Waals surface area contributed by atoms with Crippen LogP contribution in [0.5, 0.6) is 0 Å². The van der Waals surface area contributed by atoms with Crippen LogP contribution in [-0.2, 0) is 4.79 Å². The number of carboxylic acids is 1. The molecule has 0 aromatic carbocycles. The molecule has 2 atom stereocenters. The maximum Gasteiger partial charge on any atom is 0.335 e. The van der Waals surface area contributed by atoms with Crippen molar-refractivity contribution in [1.82, 2.24) is 0 Å². The standard InChI is InChI=1S/C7H7ClO4/c8-7(12)3-4(6(10)11)1-2-5(7)9/h1-3,5,9,12H,(H,10,11)/t5-,7+/m0/s1. The quantitative estimate of drug-likeness (QED) is 0.503. The third kappa shape index (κ3) is 1.66. The van der Waals surface area contributed by atoms with E-state index in [-0.39, 0.29) is 5.57 Å². The highest BCUT2D eigenvalue weighted by Crippen LogP contribution is 2.25. The summed E-state index contributed by atoms with van der Waals surface area (Å²) in [6, 6.07) is 0. The van der Waals surface area contributed by atoms with Crippen LogP contribution >= 0.6 is 11.6 Å². The summed E-state index contributed by atoms with van der Waals surface area (Å²) in [5.74, 6) is -1.20. The van der Waals surface area contributed by atoms with Crippen LogP contribution in [0.2, 0.25) is 0 Å². The summed E-state index contributed by atoms with van der Waals surface area (Å²) in [6.45, 7) is 0. The van der Waals surface area contributed by atoms with Gasteiger partial charge in [0.15, 0.2) is 5.06 Å². The first-order valence-electron chi connectivity index (χ1n) is 3.17. The van der Waals surface area contributed by atoms with Crippen LogP contribution in [0.4, 0.5) is 0 Å². The normalized spacial score (nSPS) is 34.6. The maximum atomic E-state index is 10.4. The van der Waals surface area contributed by atoms with Gasteiger partial charge in [-0.2, -0.15) is 0 Å². The minimum atomic E-state index is -2.01. The zero-order valence-corrected chi connectivity index (χ0v) is 6.69. The third-order valence-electron chi connectivity index (χ3n) is 1.48. The van der Waals surface area contributed by atoms with E-state index in [0.717, 1.165) is 12.2 Å². The van der Waals surface area contributed by atoms with Gasteiger partial charge in [0.2, 0.25) is 0 Å². The molecule has 1 aliphatic carbocycles. The van der Waals surface area contributed by atoms with E-state index in [0.29, 0.717) is 0 Å². The first-order valence-corrected chi connectivity index (χ1v) is 3.55. The number of aliphatic hydroxyl groups is 2. The lowest BCUT2D eigenvalue weighted by molar-refractivity contribution is -0.132. The minimum Gasteiger partial charge on any atom is -0.478 e. The van der Waals surface area contributed by atoms with E-state index < -0.39 is 17.1 Å². The van der Waals surface area contributed by atoms with Gasteiger partial charge in [0.1, 0.15) is 6.10 Å². The van der Waals surface area contributed by atoms with E-state index in [4.69, 9.17) is 21.8 Å². The number of hydrogen-bond donors (Lipinski definition) is 3. The Bertz CT molecular complexity index is 267. The van der Waals surface area contributed by atoms with Gasteiger partial charge < -0.3 is 15.3 Å². The summed E-state index contributed by atoms with van der Waals surface area (Å²) in [7, 11) is 0. The van der Waals surface area contributed by atoms with Crippen molar-refractivity contribution in [3.8, 4) is 0 Å². The molecule has 1 aliphatic rings. The summed E-state index contributed by atoms with van der Waals surface area (Å²) >= 11 is 5.38. The molecule has 0 fully saturated rings. The largest absolute Gasteiger partial charge is 0.478 e. The lowest BCUT2D eigenvalue weighted by Crippen LogP contribution is -2.35. The van der Waals surface area contributed by atoms with E-state index in [1.54, 1.807) is 0 Å². The van der Waals surface area contributed by atoms with E-state index in [1.165, 1.54) is 6.08 Å². The molecule has 5 heteroatoms. The van der Waals surface area contributed by atoms with Crippen LogP contribution < -0.4 is 0 Å². The number of aliphatic carboxylic acids is 1. The molecule has 0 heterocycles. The van der Waals surface area contributed by atoms with E-state index in [9.17, 15) is 9.90 Å². The van der Waals surface area contributed by atoms with Gasteiger partial charge in [-0.1, -0.05) is 17.7 Å². The molecule has 0 aliphatic heterocycles. The van der Waals surface area contributed by atoms with Crippen LogP contribution in [0.25, 0.3) is 0 Å². The second-order valence-electron chi connectivity index (χ2n) is 2.44. The fourth-order valence-electron chi connectivity index (χ4n) is 0.814. The van der Waals surface area contributed by atoms with Gasteiger partial charge in [0, 0.05) is 0 Å². The van der Waals surface area contributed by atoms with Gasteiger partial charge in [-0.05, 0) is 12.2 Å². The van der Waals surface area contributed by atoms with Gasteiger partial charge in [-0.15, -0.1) is 0 Å². The summed E-state index contributed by atoms with van der Waals surface area (Å²) < 4.78 is 0. The lowest BCUT2D eigenvalue weighted by atomic mass is 10.0. The van der Waals surface area contributed by atoms with Crippen molar-refractivity contribution in [2.24, 2.45) is 0 Å². The molecule has 0 spiro atoms. The van der Waals surface area contributed by atoms with E-state index in [2.05, 4.69) is 0 Å². The van der Waals surface area contributed by atoms with Crippen molar-refractivity contribution in [2.75, 3.05) is 0 Å². The smallest absolute Gasteiger partial charge is 0.335 e. The predicted molar refractivity (Wildman–Crippen MR) is 41.7 cm³/mol. The molecule has 3 N–H and O–H groups in total. The van der Waals surface area contributed by atoms with Crippen molar-refractivity contribution in [2.45, 2.75) is 11.2 Å². The Morgan fingerprint density at radius 2 is 2.25 bits per heavy atom. The van der Waals surface area contributed by atoms with Crippen molar-refractivity contribution in [3.05, 3.63) is 23.8 Å². The second kappa shape index (κ2) is 2.90. The van der Waals surface area contributed by atoms with E-state index in [1.807, 2.05) is 0 Å². The van der Waals surface area contributed by atoms with Gasteiger partial charge in [0.25, 0.3) is 0 Å². The average Bonchev–Trinajstić information content (AvgIpc) is 1.94. The number of rotatable bonds is 1. The summed E-state index contributed by atoms with van der Waals surface area (Å²) in [4.78, 5) is 10.4. The van der Waals surface area contributed by atoms with Gasteiger partial charge >= 0.3 is 5.97 Å². The molecule has 12 heavy (non-hydrogen) atoms. The Labute approximate surface area is 73.4 Å². The molecule has 0 saturated heterocycles. The van der Waals surface area contributed by atoms with Gasteiger partial charge in [-0.25, -0.2) is 4.79 Å². The highest BCUT2D eigenvalue weighted by Gasteiger charge is 2.33. The lowest BCUT2D eigenvalue weighted by Gasteiger charge is -2.23. The molecule has 0 radical (unpaired) electrons. The zero-order valence-electron chi connectivity index (χ0n) is 5.94. The monoisotopic (exact) mass is 190 g/mol. The summed E-state index contributed by atoms with van der Waals surface area (Å²) in [6.07, 6.45) is 1.92. The zero-order chi connectivity index (χ0) is 9.35. The van der Waals surface area contributed by atoms with Crippen LogP contribution in [0.3, 0.4) is 0 Å². The van der Waals surface area contributed by atoms with E-state index >= 15 is 0 Å². The van der Waals surface area contributed by atoms with Crippen molar-refractivity contribution >= 4 is 17.6 Å². The average molecular weight is 191 g/mol. The number of carboxylic acid groups (broad SMARTS) is 1. The summed E-state index contributed by atoms with van der Waals surface area (Å²) in [5, 5.41) is 24.7. The van der Waals surface area contributed by atoms with Gasteiger partial charge in [-0.3, -0.25) is 0 Å². The first kappa shape index (κ1) is 9.25. The highest BCUT2D eigenvalue weighted by atomic mass is 35.5. The Kier molecular flexibility index (Phi) is 2.23. The Morgan fingerprint density at radius 1 is 1.67 bits per heavy atom. The Balaban J connectivity index is 2.97. The van der Waals surface area contributed by atoms with Crippen LogP contribution in [0, 0.1) is 0 Å². The fourth-order valence-corrected chi connectivity index (χ4v) is 1.00. The molecule has 0 saturated carbocycles. The minimum absolute atomic E-state index is 0.141. The molecule has 0 aromatic heterocycles. The Hall–Kier alpha value is -0.840. The first-order chi connectivity index (χ1) is 5.43. The number of aliphatic hydroxyl groups excluding tert-OH is 1. The summed E-state index contributed by atoms with van der Waals surface area (Å²) in [5.41, 5.74) is -0.141. The number of hydrogen-bond acceptors (Lipinski definition) is 3. The van der Waals surface area contributed by atoms with Crippen LogP contribution in [0.15, 0.2) is 23.8 Å². The van der Waals surface area contributed by atoms with Crippen molar-refractivity contribution in [3.63, 3.8) is 0 Å². The molecule has 0 bridgehead atoms. The van der Waals surface area contributed by atoms with Crippen molar-refractivity contribution < 1.29 is 20.1 Å². The molecule has 66 valence electrons.